The Kier molecular flexibility index (Phi) is 6.26. The number of tetrazole rings is 1. The molecule has 0 unspecified atom stereocenters. The first kappa shape index (κ1) is 22.3. The van der Waals surface area contributed by atoms with E-state index in [-0.39, 0.29) is 23.0 Å². The number of rotatable bonds is 7. The highest BCUT2D eigenvalue weighted by Gasteiger charge is 2.19. The van der Waals surface area contributed by atoms with Crippen molar-refractivity contribution in [3.8, 4) is 22.8 Å². The summed E-state index contributed by atoms with van der Waals surface area (Å²) < 4.78 is 31.1. The molecular formula is C23H16F2N8OS. The summed E-state index contributed by atoms with van der Waals surface area (Å²) in [5.41, 5.74) is 2.02. The first-order chi connectivity index (χ1) is 17.1. The van der Waals surface area contributed by atoms with Crippen molar-refractivity contribution in [1.29, 1.82) is 0 Å². The van der Waals surface area contributed by atoms with E-state index >= 15 is 0 Å². The van der Waals surface area contributed by atoms with Gasteiger partial charge in [-0.15, -0.1) is 15.3 Å². The lowest BCUT2D eigenvalue weighted by molar-refractivity contribution is -0.113. The van der Waals surface area contributed by atoms with Crippen LogP contribution in [0, 0.1) is 11.6 Å². The van der Waals surface area contributed by atoms with Gasteiger partial charge in [-0.05, 0) is 65.0 Å². The fourth-order valence-corrected chi connectivity index (χ4v) is 4.09. The normalized spacial score (nSPS) is 10.9. The van der Waals surface area contributed by atoms with Gasteiger partial charge in [0.1, 0.15) is 18.0 Å². The van der Waals surface area contributed by atoms with Gasteiger partial charge in [-0.2, -0.15) is 0 Å². The molecule has 0 fully saturated rings. The second-order valence-electron chi connectivity index (χ2n) is 7.24. The Morgan fingerprint density at radius 2 is 1.77 bits per heavy atom. The number of nitrogens with one attached hydrogen (secondary N) is 1. The molecule has 174 valence electrons. The van der Waals surface area contributed by atoms with Crippen LogP contribution < -0.4 is 5.32 Å². The number of amides is 1. The van der Waals surface area contributed by atoms with E-state index in [1.54, 1.807) is 47.0 Å². The number of anilines is 1. The van der Waals surface area contributed by atoms with Crippen LogP contribution in [0.2, 0.25) is 0 Å². The second-order valence-corrected chi connectivity index (χ2v) is 8.18. The fraction of sp³-hybridized carbons (Fsp3) is 0.0435. The third kappa shape index (κ3) is 4.92. The van der Waals surface area contributed by atoms with Crippen molar-refractivity contribution in [3.05, 3.63) is 90.8 Å². The molecule has 2 heterocycles. The standard InChI is InChI=1S/C23H16F2N8OS/c24-15-8-10-17(11-9-15)33-22(19-6-1-2-7-20(19)25)28-29-23(33)35-13-21(34)27-16-4-3-5-18(12-16)32-14-26-30-31-32/h1-12,14H,13H2,(H,27,34). The van der Waals surface area contributed by atoms with Gasteiger partial charge >= 0.3 is 0 Å². The van der Waals surface area contributed by atoms with Gasteiger partial charge in [0.2, 0.25) is 5.91 Å². The molecule has 35 heavy (non-hydrogen) atoms. The van der Waals surface area contributed by atoms with Gasteiger partial charge in [-0.25, -0.2) is 13.5 Å². The summed E-state index contributed by atoms with van der Waals surface area (Å²) in [7, 11) is 0. The third-order valence-electron chi connectivity index (χ3n) is 4.91. The molecular weight excluding hydrogens is 474 g/mol. The Morgan fingerprint density at radius 1 is 0.943 bits per heavy atom. The summed E-state index contributed by atoms with van der Waals surface area (Å²) in [5.74, 6) is -0.922. The number of thioether (sulfide) groups is 1. The highest BCUT2D eigenvalue weighted by Crippen LogP contribution is 2.29. The lowest BCUT2D eigenvalue weighted by Gasteiger charge is -2.11. The molecule has 0 bridgehead atoms. The van der Waals surface area contributed by atoms with Gasteiger partial charge in [0.25, 0.3) is 0 Å². The van der Waals surface area contributed by atoms with E-state index in [1.807, 2.05) is 0 Å². The van der Waals surface area contributed by atoms with E-state index in [4.69, 9.17) is 0 Å². The first-order valence-electron chi connectivity index (χ1n) is 10.3. The van der Waals surface area contributed by atoms with Crippen LogP contribution in [0.5, 0.6) is 0 Å². The molecule has 1 amide bonds. The summed E-state index contributed by atoms with van der Waals surface area (Å²) in [6.45, 7) is 0. The van der Waals surface area contributed by atoms with Crippen LogP contribution in [0.3, 0.4) is 0 Å². The maximum Gasteiger partial charge on any atom is 0.234 e. The van der Waals surface area contributed by atoms with Gasteiger partial charge in [0.15, 0.2) is 11.0 Å². The van der Waals surface area contributed by atoms with Gasteiger partial charge < -0.3 is 5.32 Å². The molecule has 5 rings (SSSR count). The smallest absolute Gasteiger partial charge is 0.234 e. The summed E-state index contributed by atoms with van der Waals surface area (Å²) in [6.07, 6.45) is 1.45. The van der Waals surface area contributed by atoms with E-state index in [0.29, 0.717) is 22.2 Å². The molecule has 0 aliphatic heterocycles. The summed E-state index contributed by atoms with van der Waals surface area (Å²) in [5, 5.41) is 22.5. The molecule has 0 saturated heterocycles. The lowest BCUT2D eigenvalue weighted by atomic mass is 10.2. The Balaban J connectivity index is 1.38. The number of nitrogens with zero attached hydrogens (tertiary/aromatic N) is 7. The van der Waals surface area contributed by atoms with Crippen molar-refractivity contribution in [2.45, 2.75) is 5.16 Å². The van der Waals surface area contributed by atoms with Crippen molar-refractivity contribution < 1.29 is 13.6 Å². The highest BCUT2D eigenvalue weighted by atomic mass is 32.2. The van der Waals surface area contributed by atoms with Crippen molar-refractivity contribution in [1.82, 2.24) is 35.0 Å². The fourth-order valence-electron chi connectivity index (χ4n) is 3.34. The topological polar surface area (TPSA) is 103 Å². The molecule has 12 heteroatoms. The van der Waals surface area contributed by atoms with Crippen molar-refractivity contribution in [2.24, 2.45) is 0 Å². The Morgan fingerprint density at radius 3 is 2.54 bits per heavy atom. The first-order valence-corrected chi connectivity index (χ1v) is 11.3. The SMILES string of the molecule is O=C(CSc1nnc(-c2ccccc2F)n1-c1ccc(F)cc1)Nc1cccc(-n2cnnn2)c1. The number of hydrogen-bond acceptors (Lipinski definition) is 7. The minimum absolute atomic E-state index is 0.00566. The molecule has 0 aliphatic rings. The minimum atomic E-state index is -0.472. The van der Waals surface area contributed by atoms with Crippen LogP contribution in [0.4, 0.5) is 14.5 Å². The maximum atomic E-state index is 14.5. The van der Waals surface area contributed by atoms with E-state index in [1.165, 1.54) is 41.3 Å². The largest absolute Gasteiger partial charge is 0.325 e. The molecule has 1 N–H and O–H groups in total. The average molecular weight is 490 g/mol. The Hall–Kier alpha value is -4.45. The van der Waals surface area contributed by atoms with Crippen molar-refractivity contribution in [3.63, 3.8) is 0 Å². The number of carbonyl (C=O) groups excluding carboxylic acids is 1. The van der Waals surface area contributed by atoms with E-state index < -0.39 is 11.6 Å². The second kappa shape index (κ2) is 9.81. The lowest BCUT2D eigenvalue weighted by Crippen LogP contribution is -2.15. The van der Waals surface area contributed by atoms with Gasteiger partial charge in [0, 0.05) is 11.4 Å². The van der Waals surface area contributed by atoms with Crippen molar-refractivity contribution >= 4 is 23.4 Å². The van der Waals surface area contributed by atoms with Crippen LogP contribution in [-0.4, -0.2) is 46.6 Å². The molecule has 0 spiro atoms. The highest BCUT2D eigenvalue weighted by molar-refractivity contribution is 7.99. The minimum Gasteiger partial charge on any atom is -0.325 e. The molecule has 0 saturated carbocycles. The van der Waals surface area contributed by atoms with Crippen LogP contribution in [0.25, 0.3) is 22.8 Å². The molecule has 0 atom stereocenters. The average Bonchev–Trinajstić information content (AvgIpc) is 3.55. The Labute approximate surface area is 201 Å². The molecule has 0 radical (unpaired) electrons. The number of benzene rings is 3. The number of halogens is 2. The zero-order valence-electron chi connectivity index (χ0n) is 17.9. The van der Waals surface area contributed by atoms with Crippen LogP contribution in [-0.2, 0) is 4.79 Å². The quantitative estimate of drug-likeness (QED) is 0.345. The van der Waals surface area contributed by atoms with E-state index in [2.05, 4.69) is 31.0 Å². The number of hydrogen-bond donors (Lipinski definition) is 1. The third-order valence-corrected chi connectivity index (χ3v) is 5.84. The summed E-state index contributed by atoms with van der Waals surface area (Å²) in [4.78, 5) is 12.7. The van der Waals surface area contributed by atoms with Crippen LogP contribution in [0.15, 0.2) is 84.3 Å². The van der Waals surface area contributed by atoms with Crippen molar-refractivity contribution in [2.75, 3.05) is 11.1 Å². The number of aromatic nitrogens is 7. The molecule has 5 aromatic rings. The molecule has 0 aliphatic carbocycles. The monoisotopic (exact) mass is 490 g/mol. The summed E-state index contributed by atoms with van der Waals surface area (Å²) >= 11 is 1.12. The summed E-state index contributed by atoms with van der Waals surface area (Å²) in [6, 6.07) is 18.9. The van der Waals surface area contributed by atoms with Gasteiger partial charge in [-0.1, -0.05) is 30.0 Å². The molecule has 9 nitrogen and oxygen atoms in total. The Bertz CT molecular complexity index is 1470. The van der Waals surface area contributed by atoms with Crippen LogP contribution >= 0.6 is 11.8 Å². The number of carbonyl (C=O) groups is 1. The van der Waals surface area contributed by atoms with E-state index in [0.717, 1.165) is 11.8 Å². The molecule has 3 aromatic carbocycles. The van der Waals surface area contributed by atoms with Crippen LogP contribution in [0.1, 0.15) is 0 Å². The van der Waals surface area contributed by atoms with E-state index in [9.17, 15) is 13.6 Å². The maximum absolute atomic E-state index is 14.5. The zero-order chi connectivity index (χ0) is 24.2. The van der Waals surface area contributed by atoms with Gasteiger partial charge in [-0.3, -0.25) is 9.36 Å². The van der Waals surface area contributed by atoms with Gasteiger partial charge in [0.05, 0.1) is 17.0 Å². The molecule has 2 aromatic heterocycles. The predicted molar refractivity (Wildman–Crippen MR) is 125 cm³/mol. The zero-order valence-corrected chi connectivity index (χ0v) is 18.7. The predicted octanol–water partition coefficient (Wildman–Crippen LogP) is 3.92.